The molecule has 0 saturated carbocycles. The molecule has 3 atom stereocenters. The Kier molecular flexibility index (Phi) is 9.05. The molecule has 3 rings (SSSR count). The zero-order chi connectivity index (χ0) is 24.7. The molecule has 0 amide bonds. The molecule has 2 aromatic rings. The zero-order valence-electron chi connectivity index (χ0n) is 20.1. The normalized spacial score (nSPS) is 20.9. The van der Waals surface area contributed by atoms with Crippen molar-refractivity contribution in [2.75, 3.05) is 40.5 Å². The van der Waals surface area contributed by atoms with E-state index >= 15 is 0 Å². The van der Waals surface area contributed by atoms with Gasteiger partial charge in [0.15, 0.2) is 0 Å². The molecule has 9 heteroatoms. The van der Waals surface area contributed by atoms with E-state index in [-0.39, 0.29) is 42.4 Å². The molecule has 0 spiro atoms. The van der Waals surface area contributed by atoms with Gasteiger partial charge in [0.2, 0.25) is 10.0 Å². The van der Waals surface area contributed by atoms with Crippen molar-refractivity contribution in [3.63, 3.8) is 0 Å². The molecule has 1 aliphatic heterocycles. The standard InChI is InChI=1S/C25H33N3O5S/c1-19-15-28(20(2)18-29)34(30,31)25-11-10-21(8-7-13-32-4)14-23(25)33-24(19)17-27(3)16-22-9-5-6-12-26-22/h5-6,9-12,14,19-20,24,29H,13,15-18H2,1-4H3/t19-,20+,24+/m0/s1. The topological polar surface area (TPSA) is 92.2 Å². The highest BCUT2D eigenvalue weighted by atomic mass is 32.2. The highest BCUT2D eigenvalue weighted by Gasteiger charge is 2.38. The summed E-state index contributed by atoms with van der Waals surface area (Å²) in [5.41, 5.74) is 1.58. The van der Waals surface area contributed by atoms with Gasteiger partial charge in [0.1, 0.15) is 23.4 Å². The molecule has 1 aromatic carbocycles. The smallest absolute Gasteiger partial charge is 0.247 e. The highest BCUT2D eigenvalue weighted by Crippen LogP contribution is 2.34. The molecule has 2 heterocycles. The molecule has 34 heavy (non-hydrogen) atoms. The summed E-state index contributed by atoms with van der Waals surface area (Å²) >= 11 is 0. The van der Waals surface area contributed by atoms with Crippen LogP contribution in [0.25, 0.3) is 0 Å². The van der Waals surface area contributed by atoms with Gasteiger partial charge in [-0.05, 0) is 44.3 Å². The van der Waals surface area contributed by atoms with Crippen LogP contribution in [0.15, 0.2) is 47.5 Å². The monoisotopic (exact) mass is 487 g/mol. The van der Waals surface area contributed by atoms with Gasteiger partial charge < -0.3 is 14.6 Å². The molecule has 0 aliphatic carbocycles. The Morgan fingerprint density at radius 1 is 1.35 bits per heavy atom. The number of hydrogen-bond acceptors (Lipinski definition) is 7. The third-order valence-corrected chi connectivity index (χ3v) is 7.79. The van der Waals surface area contributed by atoms with Crippen LogP contribution in [0.5, 0.6) is 5.75 Å². The fraction of sp³-hybridized carbons (Fsp3) is 0.480. The van der Waals surface area contributed by atoms with Gasteiger partial charge in [0, 0.05) is 50.5 Å². The molecular formula is C25H33N3O5S. The third-order valence-electron chi connectivity index (χ3n) is 5.77. The summed E-state index contributed by atoms with van der Waals surface area (Å²) in [4.78, 5) is 6.58. The summed E-state index contributed by atoms with van der Waals surface area (Å²) in [6.45, 7) is 5.12. The van der Waals surface area contributed by atoms with Crippen LogP contribution in [-0.2, 0) is 21.3 Å². The van der Waals surface area contributed by atoms with Gasteiger partial charge in [-0.25, -0.2) is 8.42 Å². The number of aromatic nitrogens is 1. The van der Waals surface area contributed by atoms with E-state index in [9.17, 15) is 13.5 Å². The number of fused-ring (bicyclic) bond motifs is 1. The lowest BCUT2D eigenvalue weighted by Gasteiger charge is -2.37. The van der Waals surface area contributed by atoms with Gasteiger partial charge in [0.05, 0.1) is 12.3 Å². The summed E-state index contributed by atoms with van der Waals surface area (Å²) in [5.74, 6) is 6.00. The number of nitrogens with zero attached hydrogens (tertiary/aromatic N) is 3. The lowest BCUT2D eigenvalue weighted by molar-refractivity contribution is 0.0730. The number of ether oxygens (including phenoxy) is 2. The van der Waals surface area contributed by atoms with Crippen molar-refractivity contribution in [3.8, 4) is 17.6 Å². The van der Waals surface area contributed by atoms with Crippen molar-refractivity contribution in [2.45, 2.75) is 37.4 Å². The lowest BCUT2D eigenvalue weighted by Crippen LogP contribution is -2.49. The molecule has 1 aromatic heterocycles. The van der Waals surface area contributed by atoms with E-state index in [0.29, 0.717) is 18.7 Å². The average molecular weight is 488 g/mol. The van der Waals surface area contributed by atoms with Gasteiger partial charge >= 0.3 is 0 Å². The maximum Gasteiger partial charge on any atom is 0.247 e. The second-order valence-corrected chi connectivity index (χ2v) is 10.5. The number of aliphatic hydroxyl groups is 1. The van der Waals surface area contributed by atoms with E-state index in [4.69, 9.17) is 9.47 Å². The molecule has 0 unspecified atom stereocenters. The summed E-state index contributed by atoms with van der Waals surface area (Å²) < 4.78 is 39.8. The predicted octanol–water partition coefficient (Wildman–Crippen LogP) is 1.98. The minimum atomic E-state index is -3.88. The molecule has 1 N–H and O–H groups in total. The molecule has 0 fully saturated rings. The molecule has 1 aliphatic rings. The Morgan fingerprint density at radius 3 is 2.82 bits per heavy atom. The van der Waals surface area contributed by atoms with Gasteiger partial charge in [-0.15, -0.1) is 0 Å². The van der Waals surface area contributed by atoms with Gasteiger partial charge in [0.25, 0.3) is 0 Å². The fourth-order valence-electron chi connectivity index (χ4n) is 3.87. The Hall–Kier alpha value is -2.48. The molecule has 0 radical (unpaired) electrons. The van der Waals surface area contributed by atoms with Crippen molar-refractivity contribution in [1.82, 2.24) is 14.2 Å². The number of pyridine rings is 1. The first-order valence-electron chi connectivity index (χ1n) is 11.3. The zero-order valence-corrected chi connectivity index (χ0v) is 21.0. The van der Waals surface area contributed by atoms with E-state index in [1.54, 1.807) is 32.4 Å². The largest absolute Gasteiger partial charge is 0.487 e. The van der Waals surface area contributed by atoms with Crippen LogP contribution < -0.4 is 4.74 Å². The van der Waals surface area contributed by atoms with Crippen LogP contribution in [0.1, 0.15) is 25.1 Å². The van der Waals surface area contributed by atoms with E-state index in [2.05, 4.69) is 21.7 Å². The number of methoxy groups -OCH3 is 1. The summed E-state index contributed by atoms with van der Waals surface area (Å²) in [7, 11) is -0.325. The maximum atomic E-state index is 13.5. The van der Waals surface area contributed by atoms with Crippen LogP contribution in [0, 0.1) is 17.8 Å². The van der Waals surface area contributed by atoms with Crippen molar-refractivity contribution < 1.29 is 23.0 Å². The van der Waals surface area contributed by atoms with Crippen LogP contribution in [0.2, 0.25) is 0 Å². The SMILES string of the molecule is COCC#Cc1ccc2c(c1)O[C@H](CN(C)Cc1ccccn1)[C@@H](C)CN([C@H](C)CO)S2(=O)=O. The maximum absolute atomic E-state index is 13.5. The van der Waals surface area contributed by atoms with Crippen molar-refractivity contribution in [2.24, 2.45) is 5.92 Å². The molecule has 184 valence electrons. The Morgan fingerprint density at radius 2 is 2.15 bits per heavy atom. The Labute approximate surface area is 202 Å². The van der Waals surface area contributed by atoms with Crippen molar-refractivity contribution >= 4 is 10.0 Å². The molecule has 0 saturated heterocycles. The Balaban J connectivity index is 1.97. The number of hydrogen-bond donors (Lipinski definition) is 1. The van der Waals surface area contributed by atoms with E-state index < -0.39 is 16.1 Å². The fourth-order valence-corrected chi connectivity index (χ4v) is 5.70. The lowest BCUT2D eigenvalue weighted by atomic mass is 10.0. The van der Waals surface area contributed by atoms with Crippen molar-refractivity contribution in [3.05, 3.63) is 53.9 Å². The molecular weight excluding hydrogens is 454 g/mol. The first-order valence-corrected chi connectivity index (χ1v) is 12.7. The number of likely N-dealkylation sites (N-methyl/N-ethyl adjacent to an activating group) is 1. The third kappa shape index (κ3) is 6.34. The first kappa shape index (κ1) is 26.1. The second kappa shape index (κ2) is 11.8. The van der Waals surface area contributed by atoms with Gasteiger partial charge in [-0.3, -0.25) is 9.88 Å². The van der Waals surface area contributed by atoms with E-state index in [1.165, 1.54) is 10.4 Å². The number of aliphatic hydroxyl groups excluding tert-OH is 1. The van der Waals surface area contributed by atoms with E-state index in [1.807, 2.05) is 32.2 Å². The summed E-state index contributed by atoms with van der Waals surface area (Å²) in [6.07, 6.45) is 1.47. The van der Waals surface area contributed by atoms with Crippen LogP contribution in [0.3, 0.4) is 0 Å². The minimum absolute atomic E-state index is 0.0781. The number of sulfonamides is 1. The highest BCUT2D eigenvalue weighted by molar-refractivity contribution is 7.89. The number of rotatable bonds is 7. The minimum Gasteiger partial charge on any atom is -0.487 e. The van der Waals surface area contributed by atoms with E-state index in [0.717, 1.165) is 5.69 Å². The van der Waals surface area contributed by atoms with Crippen LogP contribution in [0.4, 0.5) is 0 Å². The Bertz CT molecular complexity index is 1110. The molecule has 0 bridgehead atoms. The van der Waals surface area contributed by atoms with Gasteiger partial charge in [-0.2, -0.15) is 4.31 Å². The number of benzene rings is 1. The second-order valence-electron chi connectivity index (χ2n) is 8.65. The van der Waals surface area contributed by atoms with Crippen molar-refractivity contribution in [1.29, 1.82) is 0 Å². The van der Waals surface area contributed by atoms with Crippen LogP contribution in [-0.4, -0.2) is 80.3 Å². The average Bonchev–Trinajstić information content (AvgIpc) is 2.81. The molecule has 8 nitrogen and oxygen atoms in total. The van der Waals surface area contributed by atoms with Gasteiger partial charge in [-0.1, -0.05) is 24.8 Å². The first-order chi connectivity index (χ1) is 16.3. The summed E-state index contributed by atoms with van der Waals surface area (Å²) in [6, 6.07) is 10.1. The summed E-state index contributed by atoms with van der Waals surface area (Å²) in [5, 5.41) is 9.77. The quantitative estimate of drug-likeness (QED) is 0.597. The predicted molar refractivity (Wildman–Crippen MR) is 130 cm³/mol. The van der Waals surface area contributed by atoms with Crippen LogP contribution >= 0.6 is 0 Å².